The van der Waals surface area contributed by atoms with Crippen molar-refractivity contribution in [1.82, 2.24) is 5.32 Å². The van der Waals surface area contributed by atoms with Crippen molar-refractivity contribution in [3.05, 3.63) is 0 Å². The number of esters is 1. The average molecular weight is 271 g/mol. The predicted octanol–water partition coefficient (Wildman–Crippen LogP) is 2.51. The highest BCUT2D eigenvalue weighted by molar-refractivity contribution is 5.77. The summed E-state index contributed by atoms with van der Waals surface area (Å²) in [5.41, 5.74) is -0.483. The zero-order valence-corrected chi connectivity index (χ0v) is 12.9. The maximum atomic E-state index is 12.4. The first-order valence-electron chi connectivity index (χ1n) is 7.39. The molecule has 1 rings (SSSR count). The van der Waals surface area contributed by atoms with E-state index in [0.717, 1.165) is 45.2 Å². The molecule has 1 heterocycles. The van der Waals surface area contributed by atoms with Crippen LogP contribution >= 0.6 is 0 Å². The first-order valence-corrected chi connectivity index (χ1v) is 7.39. The molecule has 0 spiro atoms. The fourth-order valence-electron chi connectivity index (χ4n) is 2.58. The second kappa shape index (κ2) is 7.25. The third-order valence-electron chi connectivity index (χ3n) is 4.21. The van der Waals surface area contributed by atoms with Crippen molar-refractivity contribution in [3.63, 3.8) is 0 Å². The van der Waals surface area contributed by atoms with E-state index in [-0.39, 0.29) is 17.0 Å². The van der Waals surface area contributed by atoms with E-state index in [9.17, 15) is 4.79 Å². The Morgan fingerprint density at radius 3 is 2.47 bits per heavy atom. The number of methoxy groups -OCH3 is 1. The van der Waals surface area contributed by atoms with Gasteiger partial charge in [0.15, 0.2) is 0 Å². The maximum Gasteiger partial charge on any atom is 0.312 e. The SMILES string of the molecule is CCCC1(C(=O)OCCC(C)(C)OC)CCNCC1. The maximum absolute atomic E-state index is 12.4. The largest absolute Gasteiger partial charge is 0.465 e. The molecule has 1 N–H and O–H groups in total. The number of nitrogens with one attached hydrogen (secondary N) is 1. The Bertz CT molecular complexity index is 278. The summed E-state index contributed by atoms with van der Waals surface area (Å²) in [6.07, 6.45) is 4.48. The number of carbonyl (C=O) groups excluding carboxylic acids is 1. The molecule has 0 aromatic carbocycles. The van der Waals surface area contributed by atoms with Crippen LogP contribution in [0.3, 0.4) is 0 Å². The smallest absolute Gasteiger partial charge is 0.312 e. The summed E-state index contributed by atoms with van der Waals surface area (Å²) >= 11 is 0. The van der Waals surface area contributed by atoms with Gasteiger partial charge in [0.25, 0.3) is 0 Å². The molecule has 0 amide bonds. The van der Waals surface area contributed by atoms with Crippen LogP contribution in [0.1, 0.15) is 52.9 Å². The lowest BCUT2D eigenvalue weighted by atomic mass is 9.75. The van der Waals surface area contributed by atoms with Gasteiger partial charge in [-0.25, -0.2) is 0 Å². The molecular weight excluding hydrogens is 242 g/mol. The lowest BCUT2D eigenvalue weighted by molar-refractivity contribution is -0.159. The highest BCUT2D eigenvalue weighted by Gasteiger charge is 2.40. The van der Waals surface area contributed by atoms with Crippen LogP contribution in [0, 0.1) is 5.41 Å². The summed E-state index contributed by atoms with van der Waals surface area (Å²) in [4.78, 5) is 12.4. The van der Waals surface area contributed by atoms with Crippen LogP contribution in [-0.4, -0.2) is 38.4 Å². The molecule has 4 heteroatoms. The lowest BCUT2D eigenvalue weighted by Crippen LogP contribution is -2.43. The molecule has 0 bridgehead atoms. The molecule has 0 aromatic rings. The van der Waals surface area contributed by atoms with Gasteiger partial charge in [-0.1, -0.05) is 13.3 Å². The second-order valence-electron chi connectivity index (χ2n) is 6.13. The van der Waals surface area contributed by atoms with Gasteiger partial charge in [-0.05, 0) is 46.2 Å². The van der Waals surface area contributed by atoms with Crippen LogP contribution in [-0.2, 0) is 14.3 Å². The molecule has 0 atom stereocenters. The Morgan fingerprint density at radius 2 is 1.95 bits per heavy atom. The fraction of sp³-hybridized carbons (Fsp3) is 0.933. The summed E-state index contributed by atoms with van der Waals surface area (Å²) < 4.78 is 10.9. The molecule has 0 saturated carbocycles. The van der Waals surface area contributed by atoms with Crippen LogP contribution in [0.25, 0.3) is 0 Å². The molecule has 1 saturated heterocycles. The summed E-state index contributed by atoms with van der Waals surface area (Å²) in [7, 11) is 1.69. The Hall–Kier alpha value is -0.610. The zero-order chi connectivity index (χ0) is 14.4. The molecule has 19 heavy (non-hydrogen) atoms. The first kappa shape index (κ1) is 16.4. The Morgan fingerprint density at radius 1 is 1.32 bits per heavy atom. The molecule has 112 valence electrons. The molecule has 0 aliphatic carbocycles. The van der Waals surface area contributed by atoms with Gasteiger partial charge in [-0.3, -0.25) is 4.79 Å². The molecule has 1 aliphatic heterocycles. The Balaban J connectivity index is 2.49. The van der Waals surface area contributed by atoms with Crippen LogP contribution in [0.2, 0.25) is 0 Å². The number of carbonyl (C=O) groups is 1. The normalized spacial score (nSPS) is 19.2. The minimum Gasteiger partial charge on any atom is -0.465 e. The third kappa shape index (κ3) is 4.77. The van der Waals surface area contributed by atoms with Crippen molar-refractivity contribution in [1.29, 1.82) is 0 Å². The van der Waals surface area contributed by atoms with Crippen LogP contribution in [0.4, 0.5) is 0 Å². The van der Waals surface area contributed by atoms with Crippen molar-refractivity contribution in [3.8, 4) is 0 Å². The number of ether oxygens (including phenoxy) is 2. The molecule has 0 aromatic heterocycles. The van der Waals surface area contributed by atoms with Crippen molar-refractivity contribution in [2.24, 2.45) is 5.41 Å². The van der Waals surface area contributed by atoms with Crippen LogP contribution in [0.15, 0.2) is 0 Å². The fourth-order valence-corrected chi connectivity index (χ4v) is 2.58. The van der Waals surface area contributed by atoms with E-state index in [1.807, 2.05) is 13.8 Å². The summed E-state index contributed by atoms with van der Waals surface area (Å²) in [5, 5.41) is 3.31. The monoisotopic (exact) mass is 271 g/mol. The highest BCUT2D eigenvalue weighted by Crippen LogP contribution is 2.35. The van der Waals surface area contributed by atoms with Crippen LogP contribution < -0.4 is 5.32 Å². The Labute approximate surface area is 117 Å². The van der Waals surface area contributed by atoms with Gasteiger partial charge in [0.05, 0.1) is 17.6 Å². The second-order valence-corrected chi connectivity index (χ2v) is 6.13. The number of hydrogen-bond donors (Lipinski definition) is 1. The van der Waals surface area contributed by atoms with Gasteiger partial charge in [0, 0.05) is 13.5 Å². The summed E-state index contributed by atoms with van der Waals surface area (Å²) in [5.74, 6) is -0.0113. The van der Waals surface area contributed by atoms with Crippen molar-refractivity contribution in [2.45, 2.75) is 58.5 Å². The van der Waals surface area contributed by atoms with E-state index in [1.54, 1.807) is 7.11 Å². The highest BCUT2D eigenvalue weighted by atomic mass is 16.5. The van der Waals surface area contributed by atoms with E-state index in [4.69, 9.17) is 9.47 Å². The van der Waals surface area contributed by atoms with Gasteiger partial charge in [0.1, 0.15) is 0 Å². The molecule has 4 nitrogen and oxygen atoms in total. The zero-order valence-electron chi connectivity index (χ0n) is 12.9. The van der Waals surface area contributed by atoms with Crippen LogP contribution in [0.5, 0.6) is 0 Å². The summed E-state index contributed by atoms with van der Waals surface area (Å²) in [6.45, 7) is 8.42. The lowest BCUT2D eigenvalue weighted by Gasteiger charge is -2.35. The van der Waals surface area contributed by atoms with Crippen molar-refractivity contribution < 1.29 is 14.3 Å². The first-order chi connectivity index (χ1) is 8.96. The van der Waals surface area contributed by atoms with E-state index < -0.39 is 0 Å². The minimum absolute atomic E-state index is 0.0113. The van der Waals surface area contributed by atoms with Gasteiger partial charge in [0.2, 0.25) is 0 Å². The average Bonchev–Trinajstić information content (AvgIpc) is 2.40. The van der Waals surface area contributed by atoms with E-state index in [1.165, 1.54) is 0 Å². The van der Waals surface area contributed by atoms with Gasteiger partial charge in [-0.15, -0.1) is 0 Å². The summed E-state index contributed by atoms with van der Waals surface area (Å²) in [6, 6.07) is 0. The van der Waals surface area contributed by atoms with E-state index in [2.05, 4.69) is 12.2 Å². The molecule has 0 radical (unpaired) electrons. The standard InChI is InChI=1S/C15H29NO3/c1-5-6-15(7-10-16-11-8-15)13(17)19-12-9-14(2,3)18-4/h16H,5-12H2,1-4H3. The number of hydrogen-bond acceptors (Lipinski definition) is 4. The van der Waals surface area contributed by atoms with Crippen molar-refractivity contribution in [2.75, 3.05) is 26.8 Å². The molecule has 1 fully saturated rings. The van der Waals surface area contributed by atoms with Gasteiger partial charge in [-0.2, -0.15) is 0 Å². The van der Waals surface area contributed by atoms with Crippen molar-refractivity contribution >= 4 is 5.97 Å². The molecular formula is C15H29NO3. The number of rotatable bonds is 7. The van der Waals surface area contributed by atoms with Gasteiger partial charge < -0.3 is 14.8 Å². The third-order valence-corrected chi connectivity index (χ3v) is 4.21. The topological polar surface area (TPSA) is 47.6 Å². The van der Waals surface area contributed by atoms with E-state index >= 15 is 0 Å². The minimum atomic E-state index is -0.253. The molecule has 1 aliphatic rings. The number of piperidine rings is 1. The predicted molar refractivity (Wildman–Crippen MR) is 76.1 cm³/mol. The van der Waals surface area contributed by atoms with E-state index in [0.29, 0.717) is 6.61 Å². The molecule has 0 unspecified atom stereocenters. The van der Waals surface area contributed by atoms with Gasteiger partial charge >= 0.3 is 5.97 Å². The Kier molecular flexibility index (Phi) is 6.27. The quantitative estimate of drug-likeness (QED) is 0.723.